The predicted molar refractivity (Wildman–Crippen MR) is 71.6 cm³/mol. The number of furan rings is 1. The molecule has 0 aliphatic carbocycles. The Morgan fingerprint density at radius 1 is 1.45 bits per heavy atom. The number of rotatable bonds is 4. The minimum absolute atomic E-state index is 0.146. The molecule has 2 aromatic rings. The first-order valence-corrected chi connectivity index (χ1v) is 5.69. The van der Waals surface area contributed by atoms with Crippen LogP contribution in [0.4, 0.5) is 5.69 Å². The smallest absolute Gasteiger partial charge is 0.271 e. The van der Waals surface area contributed by atoms with Crippen LogP contribution in [0.3, 0.4) is 0 Å². The fourth-order valence-corrected chi connectivity index (χ4v) is 1.52. The van der Waals surface area contributed by atoms with Crippen molar-refractivity contribution in [3.8, 4) is 0 Å². The average Bonchev–Trinajstić information content (AvgIpc) is 2.84. The van der Waals surface area contributed by atoms with Crippen molar-refractivity contribution >= 4 is 17.8 Å². The van der Waals surface area contributed by atoms with E-state index >= 15 is 0 Å². The molecule has 2 rings (SSSR count). The molecule has 0 atom stereocenters. The minimum atomic E-state index is -0.561. The first kappa shape index (κ1) is 13.5. The van der Waals surface area contributed by atoms with Crippen LogP contribution in [0.1, 0.15) is 21.7 Å². The second-order valence-electron chi connectivity index (χ2n) is 4.00. The molecule has 1 aromatic carbocycles. The lowest BCUT2D eigenvalue weighted by Gasteiger charge is -1.99. The Morgan fingerprint density at radius 3 is 2.90 bits per heavy atom. The molecule has 1 aromatic heterocycles. The molecule has 0 radical (unpaired) electrons. The highest BCUT2D eigenvalue weighted by atomic mass is 16.6. The summed E-state index contributed by atoms with van der Waals surface area (Å²) in [6.45, 7) is 1.79. The van der Waals surface area contributed by atoms with Crippen LogP contribution in [0.25, 0.3) is 0 Å². The van der Waals surface area contributed by atoms with Crippen molar-refractivity contribution in [1.82, 2.24) is 5.43 Å². The number of nitrogens with one attached hydrogen (secondary N) is 1. The molecule has 0 spiro atoms. The standard InChI is InChI=1S/C13H11N3O4/c1-9-5-10(8-20-9)7-14-15-13(17)11-3-2-4-12(6-11)16(18)19/h2-8H,1H3,(H,15,17). The molecule has 7 heteroatoms. The summed E-state index contributed by atoms with van der Waals surface area (Å²) in [7, 11) is 0. The monoisotopic (exact) mass is 273 g/mol. The number of non-ortho nitro benzene ring substituents is 1. The van der Waals surface area contributed by atoms with Crippen molar-refractivity contribution in [2.75, 3.05) is 0 Å². The lowest BCUT2D eigenvalue weighted by molar-refractivity contribution is -0.384. The van der Waals surface area contributed by atoms with Crippen molar-refractivity contribution in [2.45, 2.75) is 6.92 Å². The number of nitro benzene ring substituents is 1. The maximum Gasteiger partial charge on any atom is 0.271 e. The highest BCUT2D eigenvalue weighted by Crippen LogP contribution is 2.12. The predicted octanol–water partition coefficient (Wildman–Crippen LogP) is 2.26. The van der Waals surface area contributed by atoms with Crippen LogP contribution < -0.4 is 5.43 Å². The summed E-state index contributed by atoms with van der Waals surface area (Å²) in [6.07, 6.45) is 2.92. The number of hydrogen-bond donors (Lipinski definition) is 1. The highest BCUT2D eigenvalue weighted by Gasteiger charge is 2.10. The van der Waals surface area contributed by atoms with Crippen LogP contribution >= 0.6 is 0 Å². The maximum absolute atomic E-state index is 11.7. The number of nitrogens with zero attached hydrogens (tertiary/aromatic N) is 2. The molecular formula is C13H11N3O4. The van der Waals surface area contributed by atoms with Gasteiger partial charge < -0.3 is 4.42 Å². The molecule has 0 unspecified atom stereocenters. The lowest BCUT2D eigenvalue weighted by atomic mass is 10.2. The molecule has 0 aliphatic rings. The SMILES string of the molecule is Cc1cc(C=NNC(=O)c2cccc([N+](=O)[O-])c2)co1. The van der Waals surface area contributed by atoms with E-state index in [2.05, 4.69) is 10.5 Å². The highest BCUT2D eigenvalue weighted by molar-refractivity contribution is 5.95. The number of carbonyl (C=O) groups is 1. The third-order valence-corrected chi connectivity index (χ3v) is 2.45. The van der Waals surface area contributed by atoms with Gasteiger partial charge in [0.25, 0.3) is 11.6 Å². The Bertz CT molecular complexity index is 676. The third kappa shape index (κ3) is 3.29. The van der Waals surface area contributed by atoms with E-state index in [1.807, 2.05) is 0 Å². The molecular weight excluding hydrogens is 262 g/mol. The molecule has 0 bridgehead atoms. The molecule has 102 valence electrons. The first-order chi connectivity index (χ1) is 9.56. The van der Waals surface area contributed by atoms with Crippen molar-refractivity contribution in [2.24, 2.45) is 5.10 Å². The number of carbonyl (C=O) groups excluding carboxylic acids is 1. The number of benzene rings is 1. The lowest BCUT2D eigenvalue weighted by Crippen LogP contribution is -2.17. The third-order valence-electron chi connectivity index (χ3n) is 2.45. The van der Waals surface area contributed by atoms with Crippen LogP contribution in [0, 0.1) is 17.0 Å². The van der Waals surface area contributed by atoms with E-state index in [1.54, 1.807) is 13.0 Å². The van der Waals surface area contributed by atoms with Crippen molar-refractivity contribution in [3.63, 3.8) is 0 Å². The first-order valence-electron chi connectivity index (χ1n) is 5.69. The van der Waals surface area contributed by atoms with E-state index < -0.39 is 10.8 Å². The van der Waals surface area contributed by atoms with Gasteiger partial charge in [-0.1, -0.05) is 6.07 Å². The molecule has 1 amide bonds. The van der Waals surface area contributed by atoms with Crippen molar-refractivity contribution in [1.29, 1.82) is 0 Å². The Morgan fingerprint density at radius 2 is 2.25 bits per heavy atom. The number of hydrazone groups is 1. The zero-order valence-electron chi connectivity index (χ0n) is 10.6. The fourth-order valence-electron chi connectivity index (χ4n) is 1.52. The van der Waals surface area contributed by atoms with Gasteiger partial charge in [-0.3, -0.25) is 14.9 Å². The molecule has 1 heterocycles. The summed E-state index contributed by atoms with van der Waals surface area (Å²) in [6, 6.07) is 7.17. The normalized spacial score (nSPS) is 10.7. The molecule has 7 nitrogen and oxygen atoms in total. The molecule has 1 N–H and O–H groups in total. The van der Waals surface area contributed by atoms with E-state index in [0.717, 1.165) is 5.76 Å². The van der Waals surface area contributed by atoms with Gasteiger partial charge in [-0.2, -0.15) is 5.10 Å². The Balaban J connectivity index is 2.03. The fraction of sp³-hybridized carbons (Fsp3) is 0.0769. The summed E-state index contributed by atoms with van der Waals surface area (Å²) >= 11 is 0. The van der Waals surface area contributed by atoms with Gasteiger partial charge in [0.15, 0.2) is 0 Å². The number of hydrogen-bond acceptors (Lipinski definition) is 5. The van der Waals surface area contributed by atoms with Gasteiger partial charge >= 0.3 is 0 Å². The summed E-state index contributed by atoms with van der Waals surface area (Å²) in [5.74, 6) is 0.210. The molecule has 0 aliphatic heterocycles. The molecule has 0 saturated carbocycles. The zero-order valence-corrected chi connectivity index (χ0v) is 10.6. The van der Waals surface area contributed by atoms with Crippen LogP contribution in [-0.2, 0) is 0 Å². The minimum Gasteiger partial charge on any atom is -0.469 e. The summed E-state index contributed by atoms with van der Waals surface area (Å²) in [5, 5.41) is 14.4. The Labute approximate surface area is 114 Å². The van der Waals surface area contributed by atoms with Crippen LogP contribution in [0.15, 0.2) is 46.1 Å². The molecule has 20 heavy (non-hydrogen) atoms. The van der Waals surface area contributed by atoms with Crippen LogP contribution in [0.2, 0.25) is 0 Å². The largest absolute Gasteiger partial charge is 0.469 e. The average molecular weight is 273 g/mol. The van der Waals surface area contributed by atoms with Crippen molar-refractivity contribution in [3.05, 3.63) is 63.6 Å². The van der Waals surface area contributed by atoms with E-state index in [-0.39, 0.29) is 11.3 Å². The topological polar surface area (TPSA) is 97.7 Å². The van der Waals surface area contributed by atoms with E-state index in [9.17, 15) is 14.9 Å². The zero-order chi connectivity index (χ0) is 14.5. The van der Waals surface area contributed by atoms with Gasteiger partial charge in [0, 0.05) is 23.3 Å². The molecule has 0 saturated heterocycles. The van der Waals surface area contributed by atoms with Gasteiger partial charge in [0.1, 0.15) is 5.76 Å². The summed E-state index contributed by atoms with van der Waals surface area (Å²) in [4.78, 5) is 21.8. The number of amides is 1. The van der Waals surface area contributed by atoms with Gasteiger partial charge in [-0.05, 0) is 19.1 Å². The van der Waals surface area contributed by atoms with E-state index in [4.69, 9.17) is 4.42 Å². The number of aryl methyl sites for hydroxylation is 1. The van der Waals surface area contributed by atoms with Crippen molar-refractivity contribution < 1.29 is 14.1 Å². The van der Waals surface area contributed by atoms with Crippen LogP contribution in [-0.4, -0.2) is 17.0 Å². The van der Waals surface area contributed by atoms with E-state index in [1.165, 1.54) is 36.7 Å². The van der Waals surface area contributed by atoms with Gasteiger partial charge in [0.2, 0.25) is 0 Å². The summed E-state index contributed by atoms with van der Waals surface area (Å²) in [5.41, 5.74) is 3.02. The second-order valence-corrected chi connectivity index (χ2v) is 4.00. The second kappa shape index (κ2) is 5.79. The number of nitro groups is 1. The van der Waals surface area contributed by atoms with Gasteiger partial charge in [-0.25, -0.2) is 5.43 Å². The van der Waals surface area contributed by atoms with Gasteiger partial charge in [0.05, 0.1) is 17.4 Å². The Kier molecular flexibility index (Phi) is 3.90. The summed E-state index contributed by atoms with van der Waals surface area (Å²) < 4.78 is 5.07. The maximum atomic E-state index is 11.7. The van der Waals surface area contributed by atoms with Crippen LogP contribution in [0.5, 0.6) is 0 Å². The van der Waals surface area contributed by atoms with E-state index in [0.29, 0.717) is 5.56 Å². The molecule has 0 fully saturated rings. The quantitative estimate of drug-likeness (QED) is 0.524. The Hall–Kier alpha value is -2.96. The van der Waals surface area contributed by atoms with Gasteiger partial charge in [-0.15, -0.1) is 0 Å².